The van der Waals surface area contributed by atoms with E-state index in [1.807, 2.05) is 0 Å². The second-order valence-electron chi connectivity index (χ2n) is 4.31. The number of ether oxygens (including phenoxy) is 1. The van der Waals surface area contributed by atoms with Crippen molar-refractivity contribution in [3.63, 3.8) is 0 Å². The minimum absolute atomic E-state index is 0.251. The monoisotopic (exact) mass is 354 g/mol. The normalized spacial score (nSPS) is 11.8. The Morgan fingerprint density at radius 2 is 1.96 bits per heavy atom. The molecule has 1 aromatic heterocycles. The summed E-state index contributed by atoms with van der Waals surface area (Å²) in [7, 11) is 1.27. The lowest BCUT2D eigenvalue weighted by atomic mass is 10.1. The van der Waals surface area contributed by atoms with E-state index in [0.29, 0.717) is 6.07 Å². The summed E-state index contributed by atoms with van der Waals surface area (Å²) in [5, 5.41) is 1.69. The first-order valence-electron chi connectivity index (χ1n) is 6.02. The molecule has 2 aromatic rings. The van der Waals surface area contributed by atoms with Crippen molar-refractivity contribution >= 4 is 28.4 Å². The van der Waals surface area contributed by atoms with Crippen LogP contribution >= 0.6 is 11.6 Å². The number of pyridine rings is 1. The maximum absolute atomic E-state index is 13.2. The average molecular weight is 355 g/mol. The molecule has 1 N–H and O–H groups in total. The van der Waals surface area contributed by atoms with Crippen LogP contribution in [0.1, 0.15) is 16.1 Å². The van der Waals surface area contributed by atoms with E-state index >= 15 is 0 Å². The number of hydrogen-bond acceptors (Lipinski definition) is 3. The molecular formula is C13H8ClF5N2O2. The Bertz CT molecular complexity index is 764. The standard InChI is InChI=1S/C13H8ClF5N2O2/c1-20-11(22)9-4-8(14)6-2-5(23-12(15)16)3-7(10(6)21-9)13(17,18)19/h2-4,12H,1H3,(H,20,22). The number of halogens is 6. The number of rotatable bonds is 3. The van der Waals surface area contributed by atoms with Crippen LogP contribution in [-0.2, 0) is 6.18 Å². The summed E-state index contributed by atoms with van der Waals surface area (Å²) >= 11 is 5.86. The number of nitrogens with one attached hydrogen (secondary N) is 1. The first kappa shape index (κ1) is 17.2. The molecule has 2 rings (SSSR count). The van der Waals surface area contributed by atoms with Gasteiger partial charge in [0.25, 0.3) is 5.91 Å². The first-order chi connectivity index (χ1) is 10.6. The molecule has 1 aromatic carbocycles. The van der Waals surface area contributed by atoms with E-state index in [4.69, 9.17) is 11.6 Å². The summed E-state index contributed by atoms with van der Waals surface area (Å²) in [5.41, 5.74) is -2.30. The highest BCUT2D eigenvalue weighted by Crippen LogP contribution is 2.39. The summed E-state index contributed by atoms with van der Waals surface area (Å²) in [6, 6.07) is 2.32. The zero-order valence-electron chi connectivity index (χ0n) is 11.3. The third-order valence-corrected chi connectivity index (χ3v) is 3.14. The quantitative estimate of drug-likeness (QED) is 0.851. The van der Waals surface area contributed by atoms with Gasteiger partial charge in [-0.25, -0.2) is 4.98 Å². The molecule has 0 spiro atoms. The minimum Gasteiger partial charge on any atom is -0.435 e. The van der Waals surface area contributed by atoms with Crippen molar-refractivity contribution < 1.29 is 31.5 Å². The van der Waals surface area contributed by atoms with Gasteiger partial charge >= 0.3 is 12.8 Å². The fraction of sp³-hybridized carbons (Fsp3) is 0.231. The van der Waals surface area contributed by atoms with Gasteiger partial charge in [0, 0.05) is 12.4 Å². The zero-order chi connectivity index (χ0) is 17.4. The number of nitrogens with zero attached hydrogens (tertiary/aromatic N) is 1. The van der Waals surface area contributed by atoms with E-state index in [9.17, 15) is 26.7 Å². The zero-order valence-corrected chi connectivity index (χ0v) is 12.1. The van der Waals surface area contributed by atoms with Crippen molar-refractivity contribution in [2.24, 2.45) is 0 Å². The van der Waals surface area contributed by atoms with Crippen molar-refractivity contribution in [3.8, 4) is 5.75 Å². The molecule has 1 heterocycles. The molecule has 0 aliphatic carbocycles. The van der Waals surface area contributed by atoms with E-state index < -0.39 is 35.5 Å². The van der Waals surface area contributed by atoms with Crippen LogP contribution in [-0.4, -0.2) is 24.6 Å². The number of amides is 1. The fourth-order valence-electron chi connectivity index (χ4n) is 1.89. The Balaban J connectivity index is 2.79. The van der Waals surface area contributed by atoms with Crippen molar-refractivity contribution in [2.75, 3.05) is 7.05 Å². The van der Waals surface area contributed by atoms with Gasteiger partial charge in [0.15, 0.2) is 0 Å². The van der Waals surface area contributed by atoms with Crippen molar-refractivity contribution in [2.45, 2.75) is 12.8 Å². The molecule has 1 amide bonds. The second-order valence-corrected chi connectivity index (χ2v) is 4.72. The summed E-state index contributed by atoms with van der Waals surface area (Å²) in [6.45, 7) is -3.30. The van der Waals surface area contributed by atoms with Crippen LogP contribution in [0.2, 0.25) is 5.02 Å². The predicted molar refractivity (Wildman–Crippen MR) is 71.8 cm³/mol. The molecule has 4 nitrogen and oxygen atoms in total. The minimum atomic E-state index is -4.91. The highest BCUT2D eigenvalue weighted by atomic mass is 35.5. The summed E-state index contributed by atoms with van der Waals surface area (Å²) in [6.07, 6.45) is -4.91. The fourth-order valence-corrected chi connectivity index (χ4v) is 2.14. The number of aromatic nitrogens is 1. The highest BCUT2D eigenvalue weighted by Gasteiger charge is 2.35. The smallest absolute Gasteiger partial charge is 0.418 e. The molecule has 0 aliphatic rings. The van der Waals surface area contributed by atoms with E-state index in [1.54, 1.807) is 0 Å². The maximum Gasteiger partial charge on any atom is 0.418 e. The number of carbonyl (C=O) groups is 1. The summed E-state index contributed by atoms with van der Waals surface area (Å²) in [5.74, 6) is -1.45. The van der Waals surface area contributed by atoms with Gasteiger partial charge in [0.05, 0.1) is 16.1 Å². The molecular weight excluding hydrogens is 347 g/mol. The lowest BCUT2D eigenvalue weighted by Crippen LogP contribution is -2.19. The van der Waals surface area contributed by atoms with Crippen LogP contribution in [0.3, 0.4) is 0 Å². The molecule has 10 heteroatoms. The van der Waals surface area contributed by atoms with Gasteiger partial charge in [-0.1, -0.05) is 11.6 Å². The van der Waals surface area contributed by atoms with E-state index in [1.165, 1.54) is 7.05 Å². The van der Waals surface area contributed by atoms with Gasteiger partial charge in [-0.3, -0.25) is 4.79 Å². The van der Waals surface area contributed by atoms with Crippen molar-refractivity contribution in [1.29, 1.82) is 0 Å². The van der Waals surface area contributed by atoms with Gasteiger partial charge < -0.3 is 10.1 Å². The van der Waals surface area contributed by atoms with E-state index in [0.717, 1.165) is 12.1 Å². The Morgan fingerprint density at radius 1 is 1.30 bits per heavy atom. The molecule has 0 fully saturated rings. The molecule has 0 unspecified atom stereocenters. The number of alkyl halides is 5. The van der Waals surface area contributed by atoms with E-state index in [-0.39, 0.29) is 16.1 Å². The SMILES string of the molecule is CNC(=O)c1cc(Cl)c2cc(OC(F)F)cc(C(F)(F)F)c2n1. The first-order valence-corrected chi connectivity index (χ1v) is 6.39. The van der Waals surface area contributed by atoms with Crippen molar-refractivity contribution in [1.82, 2.24) is 10.3 Å². The predicted octanol–water partition coefficient (Wildman–Crippen LogP) is 3.87. The molecule has 0 bridgehead atoms. The maximum atomic E-state index is 13.2. The Hall–Kier alpha value is -2.16. The number of carbonyl (C=O) groups excluding carboxylic acids is 1. The molecule has 0 saturated carbocycles. The average Bonchev–Trinajstić information content (AvgIpc) is 2.44. The third-order valence-electron chi connectivity index (χ3n) is 2.83. The van der Waals surface area contributed by atoms with Gasteiger partial charge in [0.1, 0.15) is 11.4 Å². The molecule has 0 radical (unpaired) electrons. The molecule has 0 aliphatic heterocycles. The van der Waals surface area contributed by atoms with Gasteiger partial charge in [0.2, 0.25) is 0 Å². The van der Waals surface area contributed by atoms with Gasteiger partial charge in [-0.15, -0.1) is 0 Å². The number of fused-ring (bicyclic) bond motifs is 1. The van der Waals surface area contributed by atoms with Crippen molar-refractivity contribution in [3.05, 3.63) is 34.5 Å². The summed E-state index contributed by atoms with van der Waals surface area (Å²) in [4.78, 5) is 15.2. The number of benzene rings is 1. The van der Waals surface area contributed by atoms with Crippen LogP contribution < -0.4 is 10.1 Å². The second kappa shape index (κ2) is 6.15. The molecule has 0 saturated heterocycles. The number of hydrogen-bond donors (Lipinski definition) is 1. The summed E-state index contributed by atoms with van der Waals surface area (Å²) < 4.78 is 68.0. The Morgan fingerprint density at radius 3 is 2.48 bits per heavy atom. The topological polar surface area (TPSA) is 51.2 Å². The lowest BCUT2D eigenvalue weighted by Gasteiger charge is -2.14. The molecule has 124 valence electrons. The molecule has 23 heavy (non-hydrogen) atoms. The van der Waals surface area contributed by atoms with Gasteiger partial charge in [-0.05, 0) is 18.2 Å². The highest BCUT2D eigenvalue weighted by molar-refractivity contribution is 6.35. The van der Waals surface area contributed by atoms with Crippen LogP contribution in [0.4, 0.5) is 22.0 Å². The van der Waals surface area contributed by atoms with E-state index in [2.05, 4.69) is 15.0 Å². The Labute approximate surface area is 131 Å². The van der Waals surface area contributed by atoms with Gasteiger partial charge in [-0.2, -0.15) is 22.0 Å². The Kier molecular flexibility index (Phi) is 4.60. The third kappa shape index (κ3) is 3.61. The van der Waals surface area contributed by atoms with Crippen LogP contribution in [0.5, 0.6) is 5.75 Å². The lowest BCUT2D eigenvalue weighted by molar-refractivity contribution is -0.136. The molecule has 0 atom stereocenters. The largest absolute Gasteiger partial charge is 0.435 e. The van der Waals surface area contributed by atoms with Crippen LogP contribution in [0.25, 0.3) is 10.9 Å². The van der Waals surface area contributed by atoms with Crippen LogP contribution in [0, 0.1) is 0 Å². The van der Waals surface area contributed by atoms with Crippen LogP contribution in [0.15, 0.2) is 18.2 Å².